The van der Waals surface area contributed by atoms with Gasteiger partial charge >= 0.3 is 0 Å². The zero-order valence-corrected chi connectivity index (χ0v) is 10.5. The number of hydrogen-bond donors (Lipinski definition) is 3. The van der Waals surface area contributed by atoms with Crippen molar-refractivity contribution >= 4 is 5.69 Å². The molecule has 1 unspecified atom stereocenters. The van der Waals surface area contributed by atoms with E-state index in [4.69, 9.17) is 0 Å². The van der Waals surface area contributed by atoms with Crippen LogP contribution >= 0.6 is 0 Å². The summed E-state index contributed by atoms with van der Waals surface area (Å²) in [4.78, 5) is 0. The van der Waals surface area contributed by atoms with E-state index in [1.54, 1.807) is 18.2 Å². The molecule has 3 nitrogen and oxygen atoms in total. The molecule has 18 heavy (non-hydrogen) atoms. The Bertz CT molecular complexity index is 535. The van der Waals surface area contributed by atoms with Crippen molar-refractivity contribution < 1.29 is 10.2 Å². The van der Waals surface area contributed by atoms with Crippen molar-refractivity contribution in [2.45, 2.75) is 19.9 Å². The van der Waals surface area contributed by atoms with E-state index >= 15 is 0 Å². The van der Waals surface area contributed by atoms with Gasteiger partial charge in [-0.25, -0.2) is 0 Å². The number of nitrogens with one attached hydrogen (secondary N) is 1. The summed E-state index contributed by atoms with van der Waals surface area (Å²) in [6.07, 6.45) is 0. The zero-order chi connectivity index (χ0) is 13.1. The minimum absolute atomic E-state index is 0.134. The van der Waals surface area contributed by atoms with Crippen molar-refractivity contribution in [2.75, 3.05) is 5.32 Å². The molecular weight excluding hydrogens is 226 g/mol. The lowest BCUT2D eigenvalue weighted by molar-refractivity contribution is 0.471. The van der Waals surface area contributed by atoms with Crippen molar-refractivity contribution in [2.24, 2.45) is 0 Å². The fourth-order valence-corrected chi connectivity index (χ4v) is 1.84. The molecule has 2 rings (SSSR count). The highest BCUT2D eigenvalue weighted by Crippen LogP contribution is 2.24. The van der Waals surface area contributed by atoms with Gasteiger partial charge in [-0.3, -0.25) is 0 Å². The lowest BCUT2D eigenvalue weighted by Gasteiger charge is -2.16. The third kappa shape index (κ3) is 2.74. The molecule has 0 aliphatic carbocycles. The minimum Gasteiger partial charge on any atom is -0.508 e. The normalized spacial score (nSPS) is 12.1. The molecule has 0 aromatic heterocycles. The predicted octanol–water partition coefficient (Wildman–Crippen LogP) is 3.58. The van der Waals surface area contributed by atoms with Crippen molar-refractivity contribution in [3.63, 3.8) is 0 Å². The molecule has 2 aromatic rings. The number of phenols is 2. The van der Waals surface area contributed by atoms with Gasteiger partial charge in [-0.05, 0) is 55.3 Å². The molecule has 0 aliphatic rings. The van der Waals surface area contributed by atoms with E-state index in [1.165, 1.54) is 0 Å². The molecule has 3 heteroatoms. The molecule has 3 N–H and O–H groups in total. The summed E-state index contributed by atoms with van der Waals surface area (Å²) in [5.41, 5.74) is 2.90. The van der Waals surface area contributed by atoms with Gasteiger partial charge in [0, 0.05) is 11.7 Å². The maximum Gasteiger partial charge on any atom is 0.118 e. The quantitative estimate of drug-likeness (QED) is 0.722. The number of aromatic hydroxyl groups is 2. The van der Waals surface area contributed by atoms with Gasteiger partial charge in [0.25, 0.3) is 0 Å². The first-order valence-corrected chi connectivity index (χ1v) is 5.91. The van der Waals surface area contributed by atoms with Crippen LogP contribution in [0.2, 0.25) is 0 Å². The first-order valence-electron chi connectivity index (χ1n) is 5.91. The van der Waals surface area contributed by atoms with Crippen LogP contribution in [0.25, 0.3) is 0 Å². The Morgan fingerprint density at radius 1 is 1.00 bits per heavy atom. The number of aryl methyl sites for hydroxylation is 1. The Morgan fingerprint density at radius 2 is 1.67 bits per heavy atom. The van der Waals surface area contributed by atoms with Gasteiger partial charge in [0.15, 0.2) is 0 Å². The predicted molar refractivity (Wildman–Crippen MR) is 73.0 cm³/mol. The lowest BCUT2D eigenvalue weighted by atomic mass is 10.1. The van der Waals surface area contributed by atoms with E-state index in [9.17, 15) is 10.2 Å². The summed E-state index contributed by atoms with van der Waals surface area (Å²) in [6, 6.07) is 12.7. The van der Waals surface area contributed by atoms with Crippen molar-refractivity contribution in [1.82, 2.24) is 0 Å². The van der Waals surface area contributed by atoms with Gasteiger partial charge in [0.1, 0.15) is 11.5 Å². The SMILES string of the molecule is Cc1cc(NC(C)c2ccc(O)cc2)ccc1O. The van der Waals surface area contributed by atoms with Crippen molar-refractivity contribution in [3.8, 4) is 11.5 Å². The Morgan fingerprint density at radius 3 is 2.28 bits per heavy atom. The Balaban J connectivity index is 2.13. The molecule has 0 saturated heterocycles. The number of rotatable bonds is 3. The zero-order valence-electron chi connectivity index (χ0n) is 10.5. The van der Waals surface area contributed by atoms with Gasteiger partial charge in [0.2, 0.25) is 0 Å². The van der Waals surface area contributed by atoms with Crippen LogP contribution in [-0.4, -0.2) is 10.2 Å². The van der Waals surface area contributed by atoms with E-state index < -0.39 is 0 Å². The van der Waals surface area contributed by atoms with Gasteiger partial charge in [0.05, 0.1) is 0 Å². The van der Waals surface area contributed by atoms with E-state index in [-0.39, 0.29) is 11.8 Å². The molecule has 0 heterocycles. The highest BCUT2D eigenvalue weighted by atomic mass is 16.3. The highest BCUT2D eigenvalue weighted by Gasteiger charge is 2.06. The van der Waals surface area contributed by atoms with Gasteiger partial charge < -0.3 is 15.5 Å². The van der Waals surface area contributed by atoms with Crippen LogP contribution in [-0.2, 0) is 0 Å². The van der Waals surface area contributed by atoms with E-state index in [2.05, 4.69) is 12.2 Å². The fraction of sp³-hybridized carbons (Fsp3) is 0.200. The number of benzene rings is 2. The molecular formula is C15H17NO2. The monoisotopic (exact) mass is 243 g/mol. The molecule has 0 spiro atoms. The first kappa shape index (κ1) is 12.3. The Labute approximate surface area is 107 Å². The van der Waals surface area contributed by atoms with Gasteiger partial charge in [-0.2, -0.15) is 0 Å². The molecule has 0 amide bonds. The van der Waals surface area contributed by atoms with Crippen molar-refractivity contribution in [3.05, 3.63) is 53.6 Å². The van der Waals surface area contributed by atoms with Crippen LogP contribution in [0.5, 0.6) is 11.5 Å². The molecule has 1 atom stereocenters. The topological polar surface area (TPSA) is 52.5 Å². The lowest BCUT2D eigenvalue weighted by Crippen LogP contribution is -2.06. The number of hydrogen-bond acceptors (Lipinski definition) is 3. The maximum absolute atomic E-state index is 9.47. The van der Waals surface area contributed by atoms with Crippen LogP contribution < -0.4 is 5.32 Å². The third-order valence-corrected chi connectivity index (χ3v) is 2.97. The van der Waals surface area contributed by atoms with Crippen LogP contribution in [0.4, 0.5) is 5.69 Å². The molecule has 0 bridgehead atoms. The second-order valence-corrected chi connectivity index (χ2v) is 4.46. The van der Waals surface area contributed by atoms with E-state index in [0.717, 1.165) is 16.8 Å². The fourth-order valence-electron chi connectivity index (χ4n) is 1.84. The van der Waals surface area contributed by atoms with Crippen LogP contribution in [0, 0.1) is 6.92 Å². The second kappa shape index (κ2) is 5.00. The Kier molecular flexibility index (Phi) is 3.42. The van der Waals surface area contributed by atoms with Gasteiger partial charge in [-0.1, -0.05) is 12.1 Å². The average Bonchev–Trinajstić information content (AvgIpc) is 2.34. The standard InChI is InChI=1S/C15H17NO2/c1-10-9-13(5-8-15(10)18)16-11(2)12-3-6-14(17)7-4-12/h3-9,11,16-18H,1-2H3. The van der Waals surface area contributed by atoms with Crippen LogP contribution in [0.15, 0.2) is 42.5 Å². The summed E-state index contributed by atoms with van der Waals surface area (Å²) in [5.74, 6) is 0.573. The summed E-state index contributed by atoms with van der Waals surface area (Å²) >= 11 is 0. The minimum atomic E-state index is 0.134. The molecule has 2 aromatic carbocycles. The maximum atomic E-state index is 9.47. The summed E-state index contributed by atoms with van der Waals surface area (Å²) in [5, 5.41) is 22.1. The summed E-state index contributed by atoms with van der Waals surface area (Å²) in [7, 11) is 0. The van der Waals surface area contributed by atoms with E-state index in [0.29, 0.717) is 5.75 Å². The second-order valence-electron chi connectivity index (χ2n) is 4.46. The summed E-state index contributed by atoms with van der Waals surface area (Å²) in [6.45, 7) is 3.92. The number of anilines is 1. The summed E-state index contributed by atoms with van der Waals surface area (Å²) < 4.78 is 0. The van der Waals surface area contributed by atoms with E-state index in [1.807, 2.05) is 31.2 Å². The van der Waals surface area contributed by atoms with Crippen LogP contribution in [0.1, 0.15) is 24.1 Å². The molecule has 0 saturated carbocycles. The Hall–Kier alpha value is -2.16. The average molecular weight is 243 g/mol. The molecule has 94 valence electrons. The largest absolute Gasteiger partial charge is 0.508 e. The molecule has 0 fully saturated rings. The van der Waals surface area contributed by atoms with Crippen molar-refractivity contribution in [1.29, 1.82) is 0 Å². The molecule has 0 radical (unpaired) electrons. The smallest absolute Gasteiger partial charge is 0.118 e. The molecule has 0 aliphatic heterocycles. The third-order valence-electron chi connectivity index (χ3n) is 2.97. The van der Waals surface area contributed by atoms with Gasteiger partial charge in [-0.15, -0.1) is 0 Å². The number of phenolic OH excluding ortho intramolecular Hbond substituents is 2. The van der Waals surface area contributed by atoms with Crippen LogP contribution in [0.3, 0.4) is 0 Å². The first-order chi connectivity index (χ1) is 8.56. The highest BCUT2D eigenvalue weighted by molar-refractivity contribution is 5.51.